The van der Waals surface area contributed by atoms with Gasteiger partial charge >= 0.3 is 0 Å². The van der Waals surface area contributed by atoms with Crippen LogP contribution in [0.2, 0.25) is 0 Å². The first-order chi connectivity index (χ1) is 36.0. The van der Waals surface area contributed by atoms with E-state index >= 15 is 0 Å². The van der Waals surface area contributed by atoms with Crippen LogP contribution in [0, 0.1) is 0 Å². The maximum Gasteiger partial charge on any atom is 0.0541 e. The average Bonchev–Trinajstić information content (AvgIpc) is 3.93. The Morgan fingerprint density at radius 1 is 0.370 bits per heavy atom. The van der Waals surface area contributed by atoms with Crippen LogP contribution in [0.3, 0.4) is 0 Å². The van der Waals surface area contributed by atoms with Crippen LogP contribution in [0.25, 0.3) is 83.8 Å². The second-order valence-corrected chi connectivity index (χ2v) is 19.5. The number of hydrogen-bond donors (Lipinski definition) is 0. The molecule has 0 radical (unpaired) electrons. The first-order valence-corrected chi connectivity index (χ1v) is 25.3. The molecule has 0 amide bonds. The molecule has 1 heterocycles. The number of fused-ring (bicyclic) bond motifs is 7. The summed E-state index contributed by atoms with van der Waals surface area (Å²) in [6.45, 7) is 8.19. The topological polar surface area (TPSA) is 8.17 Å². The number of para-hydroxylation sites is 2. The van der Waals surface area contributed by atoms with Gasteiger partial charge < -0.3 is 9.47 Å². The minimum absolute atomic E-state index is 0.469. The number of nitrogens with zero attached hydrogens (tertiary/aromatic N) is 2. The van der Waals surface area contributed by atoms with Crippen LogP contribution < -0.4 is 4.90 Å². The molecule has 0 bridgehead atoms. The van der Waals surface area contributed by atoms with E-state index in [0.717, 1.165) is 46.7 Å². The molecule has 0 atom stereocenters. The summed E-state index contributed by atoms with van der Waals surface area (Å²) in [6.07, 6.45) is 5.45. The van der Waals surface area contributed by atoms with Gasteiger partial charge in [0.1, 0.15) is 0 Å². The van der Waals surface area contributed by atoms with Crippen LogP contribution in [0.15, 0.2) is 268 Å². The summed E-state index contributed by atoms with van der Waals surface area (Å²) in [5, 5.41) is 4.99. The molecule has 12 aromatic rings. The second kappa shape index (κ2) is 18.2. The maximum absolute atomic E-state index is 4.10. The van der Waals surface area contributed by atoms with Crippen molar-refractivity contribution in [1.82, 2.24) is 4.57 Å². The molecule has 1 aromatic heterocycles. The molecule has 73 heavy (non-hydrogen) atoms. The lowest BCUT2D eigenvalue weighted by Gasteiger charge is -2.34. The molecule has 2 heteroatoms. The Bertz CT molecular complexity index is 3920. The Morgan fingerprint density at radius 3 is 1.42 bits per heavy atom. The zero-order valence-corrected chi connectivity index (χ0v) is 40.6. The number of anilines is 3. The normalized spacial score (nSPS) is 12.4. The van der Waals surface area contributed by atoms with Gasteiger partial charge in [-0.25, -0.2) is 0 Å². The van der Waals surface area contributed by atoms with Gasteiger partial charge in [0.15, 0.2) is 0 Å². The van der Waals surface area contributed by atoms with Crippen molar-refractivity contribution in [2.45, 2.75) is 18.3 Å². The Morgan fingerprint density at radius 2 is 0.836 bits per heavy atom. The molecule has 2 nitrogen and oxygen atoms in total. The fourth-order valence-electron chi connectivity index (χ4n) is 11.7. The highest BCUT2D eigenvalue weighted by molar-refractivity contribution is 6.09. The second-order valence-electron chi connectivity index (χ2n) is 19.5. The van der Waals surface area contributed by atoms with Crippen molar-refractivity contribution in [3.05, 3.63) is 301 Å². The summed E-state index contributed by atoms with van der Waals surface area (Å²) >= 11 is 0. The van der Waals surface area contributed by atoms with Gasteiger partial charge in [0, 0.05) is 38.9 Å². The molecule has 0 unspecified atom stereocenters. The van der Waals surface area contributed by atoms with E-state index in [1.165, 1.54) is 88.2 Å². The van der Waals surface area contributed by atoms with E-state index in [2.05, 4.69) is 277 Å². The smallest absolute Gasteiger partial charge is 0.0541 e. The van der Waals surface area contributed by atoms with Crippen molar-refractivity contribution < 1.29 is 0 Å². The molecule has 346 valence electrons. The van der Waals surface area contributed by atoms with Gasteiger partial charge in [-0.15, -0.1) is 0 Å². The van der Waals surface area contributed by atoms with Crippen molar-refractivity contribution in [3.63, 3.8) is 0 Å². The minimum atomic E-state index is -0.469. The Labute approximate surface area is 427 Å². The highest BCUT2D eigenvalue weighted by Crippen LogP contribution is 2.55. The van der Waals surface area contributed by atoms with E-state index in [9.17, 15) is 0 Å². The Kier molecular flexibility index (Phi) is 10.9. The van der Waals surface area contributed by atoms with Crippen molar-refractivity contribution in [2.75, 3.05) is 4.90 Å². The minimum Gasteiger partial charge on any atom is -0.310 e. The fourth-order valence-corrected chi connectivity index (χ4v) is 11.7. The predicted molar refractivity (Wildman–Crippen MR) is 311 cm³/mol. The molecule has 0 fully saturated rings. The van der Waals surface area contributed by atoms with E-state index in [0.29, 0.717) is 0 Å². The van der Waals surface area contributed by atoms with Crippen molar-refractivity contribution >= 4 is 61.8 Å². The van der Waals surface area contributed by atoms with Crippen LogP contribution in [0.1, 0.15) is 33.4 Å². The van der Waals surface area contributed by atoms with E-state index in [1.807, 2.05) is 12.2 Å². The van der Waals surface area contributed by atoms with Gasteiger partial charge in [-0.05, 0) is 157 Å². The SMILES string of the molecule is C=Cc1ccc(CC2(Cc3ccc(C=C)cc3)c3cc(N(c4ccc(-c5ccccc5)cc4)c4ccc(-c5ccc6ccccc6c5)cc4)ccc3-c3ccc(-n4c5ccccc5c5ccccc54)cc32)cc1. The zero-order valence-electron chi connectivity index (χ0n) is 40.6. The fraction of sp³-hybridized carbons (Fsp3) is 0.0423. The highest BCUT2D eigenvalue weighted by atomic mass is 15.1. The van der Waals surface area contributed by atoms with E-state index < -0.39 is 5.41 Å². The third kappa shape index (κ3) is 7.76. The summed E-state index contributed by atoms with van der Waals surface area (Å²) in [5.41, 5.74) is 21.1. The largest absolute Gasteiger partial charge is 0.310 e. The number of hydrogen-bond acceptors (Lipinski definition) is 1. The van der Waals surface area contributed by atoms with Gasteiger partial charge in [-0.3, -0.25) is 0 Å². The molecular formula is C71H52N2. The predicted octanol–water partition coefficient (Wildman–Crippen LogP) is 18.8. The van der Waals surface area contributed by atoms with Gasteiger partial charge in [-0.1, -0.05) is 213 Å². The van der Waals surface area contributed by atoms with Gasteiger partial charge in [0.25, 0.3) is 0 Å². The van der Waals surface area contributed by atoms with Crippen LogP contribution in [-0.4, -0.2) is 4.57 Å². The van der Waals surface area contributed by atoms with Gasteiger partial charge in [0.2, 0.25) is 0 Å². The molecule has 0 saturated carbocycles. The lowest BCUT2D eigenvalue weighted by Crippen LogP contribution is -2.31. The van der Waals surface area contributed by atoms with Crippen LogP contribution in [0.4, 0.5) is 17.1 Å². The van der Waals surface area contributed by atoms with Crippen molar-refractivity contribution in [2.24, 2.45) is 0 Å². The zero-order chi connectivity index (χ0) is 48.9. The molecule has 0 saturated heterocycles. The summed E-state index contributed by atoms with van der Waals surface area (Å²) in [6, 6.07) is 94.3. The van der Waals surface area contributed by atoms with E-state index in [1.54, 1.807) is 0 Å². The molecule has 1 aliphatic rings. The van der Waals surface area contributed by atoms with Crippen LogP contribution in [-0.2, 0) is 18.3 Å². The van der Waals surface area contributed by atoms with Crippen LogP contribution >= 0.6 is 0 Å². The third-order valence-corrected chi connectivity index (χ3v) is 15.3. The Balaban J connectivity index is 1.02. The molecule has 11 aromatic carbocycles. The Hall–Kier alpha value is -9.24. The lowest BCUT2D eigenvalue weighted by atomic mass is 9.69. The highest BCUT2D eigenvalue weighted by Gasteiger charge is 2.44. The number of rotatable bonds is 12. The maximum atomic E-state index is 4.10. The number of benzene rings is 11. The monoisotopic (exact) mass is 932 g/mol. The van der Waals surface area contributed by atoms with E-state index in [-0.39, 0.29) is 0 Å². The van der Waals surface area contributed by atoms with E-state index in [4.69, 9.17) is 0 Å². The first kappa shape index (κ1) is 43.8. The quantitative estimate of drug-likeness (QED) is 0.119. The molecule has 0 aliphatic heterocycles. The van der Waals surface area contributed by atoms with Crippen molar-refractivity contribution in [3.8, 4) is 39.1 Å². The number of aromatic nitrogens is 1. The van der Waals surface area contributed by atoms with Crippen LogP contribution in [0.5, 0.6) is 0 Å². The standard InChI is InChI=1S/C71H52N2/c1-3-49-22-26-51(27-23-49)47-71(48-52-28-24-50(4-2)25-29-52)67-45-61(40-42-63(67)64-43-41-62(46-68(64)71)73-69-20-12-10-18-65(69)66-19-11-13-21-70(66)73)72(59-36-32-55(33-37-59)53-14-6-5-7-15-53)60-38-34-56(35-39-60)58-31-30-54-16-8-9-17-57(54)44-58/h3-46H,1-2,47-48H2. The van der Waals surface area contributed by atoms with Gasteiger partial charge in [0.05, 0.1) is 11.0 Å². The van der Waals surface area contributed by atoms with Crippen molar-refractivity contribution in [1.29, 1.82) is 0 Å². The van der Waals surface area contributed by atoms with Gasteiger partial charge in [-0.2, -0.15) is 0 Å². The lowest BCUT2D eigenvalue weighted by molar-refractivity contribution is 0.520. The summed E-state index contributed by atoms with van der Waals surface area (Å²) in [7, 11) is 0. The average molecular weight is 933 g/mol. The first-order valence-electron chi connectivity index (χ1n) is 25.3. The summed E-state index contributed by atoms with van der Waals surface area (Å²) < 4.78 is 2.46. The molecular weight excluding hydrogens is 881 g/mol. The molecule has 13 rings (SSSR count). The molecule has 1 aliphatic carbocycles. The summed E-state index contributed by atoms with van der Waals surface area (Å²) in [5.74, 6) is 0. The summed E-state index contributed by atoms with van der Waals surface area (Å²) in [4.78, 5) is 2.44. The molecule has 0 spiro atoms. The molecule has 0 N–H and O–H groups in total. The third-order valence-electron chi connectivity index (χ3n) is 15.3.